The van der Waals surface area contributed by atoms with Gasteiger partial charge >= 0.3 is 12.1 Å². The summed E-state index contributed by atoms with van der Waals surface area (Å²) in [5.74, 6) is -0.276. The summed E-state index contributed by atoms with van der Waals surface area (Å²) < 4.78 is 39.3. The molecule has 1 atom stereocenters. The fourth-order valence-corrected chi connectivity index (χ4v) is 5.20. The second-order valence-corrected chi connectivity index (χ2v) is 11.1. The maximum atomic E-state index is 13.1. The lowest BCUT2D eigenvalue weighted by Crippen LogP contribution is -2.33. The van der Waals surface area contributed by atoms with Gasteiger partial charge in [0.05, 0.1) is 11.5 Å². The van der Waals surface area contributed by atoms with Crippen LogP contribution in [0.3, 0.4) is 0 Å². The molecule has 3 rings (SSSR count). The van der Waals surface area contributed by atoms with Crippen molar-refractivity contribution < 1.29 is 23.1 Å². The van der Waals surface area contributed by atoms with Gasteiger partial charge in [-0.25, -0.2) is 0 Å². The number of alkyl halides is 3. The number of rotatable bonds is 10. The number of likely N-dealkylation sites (tertiary alicyclic amines) is 1. The SMILES string of the molecule is CC(C)CCCN1CCC(c2cc(-c3ccc(C(F)(F)F)cc3)cc(C(CC(C)C)C(=O)O)c2)CC1. The fourth-order valence-electron chi connectivity index (χ4n) is 5.20. The lowest BCUT2D eigenvalue weighted by Gasteiger charge is -2.33. The molecule has 0 aliphatic carbocycles. The summed E-state index contributed by atoms with van der Waals surface area (Å²) in [6, 6.07) is 11.1. The molecule has 36 heavy (non-hydrogen) atoms. The van der Waals surface area contributed by atoms with Crippen molar-refractivity contribution in [1.29, 1.82) is 0 Å². The molecule has 1 aliphatic heterocycles. The van der Waals surface area contributed by atoms with Crippen LogP contribution in [0.15, 0.2) is 42.5 Å². The van der Waals surface area contributed by atoms with Crippen LogP contribution in [-0.2, 0) is 11.0 Å². The summed E-state index contributed by atoms with van der Waals surface area (Å²) in [5.41, 5.74) is 2.61. The Morgan fingerprint density at radius 2 is 1.61 bits per heavy atom. The number of aliphatic carboxylic acids is 1. The van der Waals surface area contributed by atoms with E-state index in [1.54, 1.807) is 0 Å². The summed E-state index contributed by atoms with van der Waals surface area (Å²) in [6.07, 6.45) is 0.551. The first-order chi connectivity index (χ1) is 16.9. The van der Waals surface area contributed by atoms with Gasteiger partial charge in [0, 0.05) is 0 Å². The van der Waals surface area contributed by atoms with Gasteiger partial charge in [0.2, 0.25) is 0 Å². The van der Waals surface area contributed by atoms with Gasteiger partial charge < -0.3 is 10.0 Å². The van der Waals surface area contributed by atoms with Crippen molar-refractivity contribution in [3.8, 4) is 11.1 Å². The number of piperidine rings is 1. The first-order valence-electron chi connectivity index (χ1n) is 13.2. The van der Waals surface area contributed by atoms with Gasteiger partial charge in [0.15, 0.2) is 0 Å². The highest BCUT2D eigenvalue weighted by Gasteiger charge is 2.30. The third-order valence-electron chi connectivity index (χ3n) is 7.25. The van der Waals surface area contributed by atoms with Crippen LogP contribution >= 0.6 is 0 Å². The van der Waals surface area contributed by atoms with E-state index in [0.29, 0.717) is 23.8 Å². The molecule has 0 aromatic heterocycles. The summed E-state index contributed by atoms with van der Waals surface area (Å²) in [6.45, 7) is 11.6. The lowest BCUT2D eigenvalue weighted by atomic mass is 9.82. The molecular weight excluding hydrogens is 463 g/mol. The van der Waals surface area contributed by atoms with E-state index in [-0.39, 0.29) is 5.92 Å². The van der Waals surface area contributed by atoms with Crippen LogP contribution in [0, 0.1) is 11.8 Å². The Bertz CT molecular complexity index is 990. The molecule has 0 bridgehead atoms. The Morgan fingerprint density at radius 1 is 0.972 bits per heavy atom. The third kappa shape index (κ3) is 7.83. The van der Waals surface area contributed by atoms with Crippen molar-refractivity contribution in [2.24, 2.45) is 11.8 Å². The predicted molar refractivity (Wildman–Crippen MR) is 139 cm³/mol. The molecule has 0 radical (unpaired) electrons. The highest BCUT2D eigenvalue weighted by atomic mass is 19.4. The second-order valence-electron chi connectivity index (χ2n) is 11.1. The van der Waals surface area contributed by atoms with E-state index >= 15 is 0 Å². The van der Waals surface area contributed by atoms with Crippen LogP contribution in [0.1, 0.15) is 88.3 Å². The van der Waals surface area contributed by atoms with Gasteiger partial charge in [-0.3, -0.25) is 4.79 Å². The minimum atomic E-state index is -4.39. The van der Waals surface area contributed by atoms with Crippen molar-refractivity contribution in [1.82, 2.24) is 4.90 Å². The van der Waals surface area contributed by atoms with Crippen molar-refractivity contribution in [3.63, 3.8) is 0 Å². The molecule has 198 valence electrons. The zero-order chi connectivity index (χ0) is 26.5. The maximum absolute atomic E-state index is 13.1. The average molecular weight is 504 g/mol. The molecule has 0 amide bonds. The van der Waals surface area contributed by atoms with Gasteiger partial charge in [-0.05, 0) is 104 Å². The fraction of sp³-hybridized carbons (Fsp3) is 0.567. The molecule has 2 aromatic carbocycles. The Labute approximate surface area is 213 Å². The van der Waals surface area contributed by atoms with Gasteiger partial charge in [-0.2, -0.15) is 13.2 Å². The third-order valence-corrected chi connectivity index (χ3v) is 7.25. The first-order valence-corrected chi connectivity index (χ1v) is 13.2. The number of carboxylic acid groups (broad SMARTS) is 1. The van der Waals surface area contributed by atoms with Crippen LogP contribution in [-0.4, -0.2) is 35.6 Å². The number of hydrogen-bond acceptors (Lipinski definition) is 2. The second kappa shape index (κ2) is 12.3. The summed E-state index contributed by atoms with van der Waals surface area (Å²) in [4.78, 5) is 14.7. The molecule has 1 unspecified atom stereocenters. The quantitative estimate of drug-likeness (QED) is 0.355. The Morgan fingerprint density at radius 3 is 2.14 bits per heavy atom. The Hall–Kier alpha value is -2.34. The number of halogens is 3. The van der Waals surface area contributed by atoms with Gasteiger partial charge in [0.1, 0.15) is 0 Å². The van der Waals surface area contributed by atoms with Gasteiger partial charge in [-0.15, -0.1) is 0 Å². The zero-order valence-corrected chi connectivity index (χ0v) is 21.9. The highest BCUT2D eigenvalue weighted by molar-refractivity contribution is 5.77. The average Bonchev–Trinajstić information content (AvgIpc) is 2.82. The Kier molecular flexibility index (Phi) is 9.62. The monoisotopic (exact) mass is 503 g/mol. The highest BCUT2D eigenvalue weighted by Crippen LogP contribution is 2.37. The molecule has 0 spiro atoms. The van der Waals surface area contributed by atoms with Crippen LogP contribution < -0.4 is 0 Å². The Balaban J connectivity index is 1.89. The number of carbonyl (C=O) groups is 1. The molecule has 1 saturated heterocycles. The molecule has 2 aromatic rings. The first kappa shape index (κ1) is 28.2. The lowest BCUT2D eigenvalue weighted by molar-refractivity contribution is -0.139. The summed E-state index contributed by atoms with van der Waals surface area (Å²) in [7, 11) is 0. The molecule has 1 N–H and O–H groups in total. The standard InChI is InChI=1S/C30H40F3NO2/c1-20(2)6-5-13-34-14-11-23(12-15-34)25-17-24(22-7-9-27(10-8-22)30(31,32)33)18-26(19-25)28(29(35)36)16-21(3)4/h7-10,17-21,23,28H,5-6,11-16H2,1-4H3,(H,35,36). The largest absolute Gasteiger partial charge is 0.481 e. The van der Waals surface area contributed by atoms with Crippen LogP contribution in [0.2, 0.25) is 0 Å². The minimum absolute atomic E-state index is 0.207. The number of hydrogen-bond donors (Lipinski definition) is 1. The summed E-state index contributed by atoms with van der Waals surface area (Å²) >= 11 is 0. The normalized spacial score (nSPS) is 16.6. The van der Waals surface area contributed by atoms with Gasteiger partial charge in [0.25, 0.3) is 0 Å². The van der Waals surface area contributed by atoms with Crippen LogP contribution in [0.4, 0.5) is 13.2 Å². The molecule has 6 heteroatoms. The van der Waals surface area contributed by atoms with Crippen LogP contribution in [0.25, 0.3) is 11.1 Å². The topological polar surface area (TPSA) is 40.5 Å². The van der Waals surface area contributed by atoms with E-state index in [4.69, 9.17) is 0 Å². The molecule has 1 heterocycles. The van der Waals surface area contributed by atoms with E-state index in [2.05, 4.69) is 24.8 Å². The maximum Gasteiger partial charge on any atom is 0.416 e. The smallest absolute Gasteiger partial charge is 0.416 e. The van der Waals surface area contributed by atoms with E-state index < -0.39 is 23.6 Å². The molecule has 1 fully saturated rings. The van der Waals surface area contributed by atoms with Crippen LogP contribution in [0.5, 0.6) is 0 Å². The van der Waals surface area contributed by atoms with E-state index in [1.807, 2.05) is 26.0 Å². The zero-order valence-electron chi connectivity index (χ0n) is 21.9. The van der Waals surface area contributed by atoms with E-state index in [1.165, 1.54) is 25.0 Å². The number of carboxylic acids is 1. The predicted octanol–water partition coefficient (Wildman–Crippen LogP) is 8.20. The van der Waals surface area contributed by atoms with Gasteiger partial charge in [-0.1, -0.05) is 58.0 Å². The van der Waals surface area contributed by atoms with Crippen molar-refractivity contribution in [2.45, 2.75) is 77.8 Å². The molecule has 0 saturated carbocycles. The number of benzene rings is 2. The van der Waals surface area contributed by atoms with Crippen molar-refractivity contribution in [2.75, 3.05) is 19.6 Å². The molecular formula is C30H40F3NO2. The van der Waals surface area contributed by atoms with Crippen molar-refractivity contribution in [3.05, 3.63) is 59.2 Å². The van der Waals surface area contributed by atoms with Crippen molar-refractivity contribution >= 4 is 5.97 Å². The van der Waals surface area contributed by atoms with E-state index in [0.717, 1.165) is 61.3 Å². The van der Waals surface area contributed by atoms with E-state index in [9.17, 15) is 23.1 Å². The molecule has 3 nitrogen and oxygen atoms in total. The number of nitrogens with zero attached hydrogens (tertiary/aromatic N) is 1. The minimum Gasteiger partial charge on any atom is -0.481 e. The molecule has 1 aliphatic rings. The summed E-state index contributed by atoms with van der Waals surface area (Å²) in [5, 5.41) is 9.99.